The third-order valence-electron chi connectivity index (χ3n) is 3.58. The van der Waals surface area contributed by atoms with E-state index in [1.54, 1.807) is 0 Å². The van der Waals surface area contributed by atoms with E-state index in [0.717, 1.165) is 16.9 Å². The van der Waals surface area contributed by atoms with Crippen LogP contribution in [0.3, 0.4) is 0 Å². The van der Waals surface area contributed by atoms with Crippen molar-refractivity contribution in [3.8, 4) is 11.5 Å². The molecule has 2 aromatic rings. The Balaban J connectivity index is 2.32. The lowest BCUT2D eigenvalue weighted by Crippen LogP contribution is -2.04. The predicted octanol–water partition coefficient (Wildman–Crippen LogP) is 5.58. The van der Waals surface area contributed by atoms with E-state index >= 15 is 0 Å². The monoisotopic (exact) mass is 303 g/mol. The molecular weight excluding hydrogens is 282 g/mol. The second kappa shape index (κ2) is 6.50. The van der Waals surface area contributed by atoms with Crippen LogP contribution in [0.1, 0.15) is 49.4 Å². The van der Waals surface area contributed by atoms with Gasteiger partial charge in [-0.05, 0) is 54.7 Å². The fraction of sp³-hybridized carbons (Fsp3) is 0.333. The van der Waals surface area contributed by atoms with Gasteiger partial charge >= 0.3 is 0 Å². The average molecular weight is 304 g/mol. The van der Waals surface area contributed by atoms with Crippen molar-refractivity contribution in [3.63, 3.8) is 0 Å². The van der Waals surface area contributed by atoms with Crippen molar-refractivity contribution in [2.75, 3.05) is 0 Å². The highest BCUT2D eigenvalue weighted by atomic mass is 35.5. The van der Waals surface area contributed by atoms with Gasteiger partial charge in [-0.25, -0.2) is 0 Å². The lowest BCUT2D eigenvalue weighted by molar-refractivity contribution is 0.477. The minimum Gasteiger partial charge on any atom is -0.456 e. The van der Waals surface area contributed by atoms with Gasteiger partial charge in [0.05, 0.1) is 5.02 Å². The highest BCUT2D eigenvalue weighted by Gasteiger charge is 2.10. The minimum absolute atomic E-state index is 0.0393. The van der Waals surface area contributed by atoms with Gasteiger partial charge in [0.1, 0.15) is 11.5 Å². The van der Waals surface area contributed by atoms with Crippen molar-refractivity contribution in [1.29, 1.82) is 0 Å². The van der Waals surface area contributed by atoms with E-state index in [1.165, 1.54) is 5.56 Å². The topological polar surface area (TPSA) is 35.2 Å². The van der Waals surface area contributed by atoms with Crippen LogP contribution in [0.5, 0.6) is 11.5 Å². The summed E-state index contributed by atoms with van der Waals surface area (Å²) < 4.78 is 5.99. The van der Waals surface area contributed by atoms with Crippen molar-refractivity contribution < 1.29 is 4.74 Å². The SMILES string of the molecule is Cc1ccc(C(C)C)cc1Oc1ccc([C@@H](C)N)cc1Cl. The van der Waals surface area contributed by atoms with Crippen LogP contribution in [-0.2, 0) is 0 Å². The summed E-state index contributed by atoms with van der Waals surface area (Å²) in [6, 6.07) is 11.9. The van der Waals surface area contributed by atoms with Gasteiger partial charge in [-0.3, -0.25) is 0 Å². The van der Waals surface area contributed by atoms with Crippen LogP contribution in [-0.4, -0.2) is 0 Å². The molecule has 2 nitrogen and oxygen atoms in total. The zero-order valence-corrected chi connectivity index (χ0v) is 13.7. The van der Waals surface area contributed by atoms with Crippen LogP contribution < -0.4 is 10.5 Å². The summed E-state index contributed by atoms with van der Waals surface area (Å²) in [5, 5.41) is 0.583. The molecule has 0 spiro atoms. The molecule has 3 heteroatoms. The first-order chi connectivity index (χ1) is 9.88. The molecule has 2 rings (SSSR count). The first kappa shape index (κ1) is 15.9. The zero-order valence-electron chi connectivity index (χ0n) is 13.0. The molecule has 2 N–H and O–H groups in total. The Labute approximate surface area is 131 Å². The predicted molar refractivity (Wildman–Crippen MR) is 89.4 cm³/mol. The Kier molecular flexibility index (Phi) is 4.92. The quantitative estimate of drug-likeness (QED) is 0.799. The number of aryl methyl sites for hydroxylation is 1. The van der Waals surface area contributed by atoms with Gasteiger partial charge in [-0.2, -0.15) is 0 Å². The average Bonchev–Trinajstić information content (AvgIpc) is 2.42. The molecule has 0 amide bonds. The lowest BCUT2D eigenvalue weighted by atomic mass is 10.0. The van der Waals surface area contributed by atoms with E-state index in [2.05, 4.69) is 32.0 Å². The van der Waals surface area contributed by atoms with Crippen molar-refractivity contribution in [2.24, 2.45) is 5.73 Å². The van der Waals surface area contributed by atoms with Crippen LogP contribution in [0, 0.1) is 6.92 Å². The largest absolute Gasteiger partial charge is 0.456 e. The van der Waals surface area contributed by atoms with Crippen molar-refractivity contribution in [1.82, 2.24) is 0 Å². The molecule has 2 aromatic carbocycles. The zero-order chi connectivity index (χ0) is 15.6. The number of benzene rings is 2. The minimum atomic E-state index is -0.0393. The maximum absolute atomic E-state index is 6.30. The summed E-state index contributed by atoms with van der Waals surface area (Å²) >= 11 is 6.30. The van der Waals surface area contributed by atoms with Crippen LogP contribution in [0.15, 0.2) is 36.4 Å². The first-order valence-corrected chi connectivity index (χ1v) is 7.59. The second-order valence-electron chi connectivity index (χ2n) is 5.76. The Hall–Kier alpha value is -1.51. The molecule has 1 atom stereocenters. The summed E-state index contributed by atoms with van der Waals surface area (Å²) in [6.45, 7) is 8.30. The van der Waals surface area contributed by atoms with Crippen molar-refractivity contribution in [3.05, 3.63) is 58.1 Å². The molecule has 0 saturated carbocycles. The molecule has 21 heavy (non-hydrogen) atoms. The summed E-state index contributed by atoms with van der Waals surface area (Å²) in [6.07, 6.45) is 0. The van der Waals surface area contributed by atoms with Gasteiger partial charge in [-0.15, -0.1) is 0 Å². The van der Waals surface area contributed by atoms with Crippen molar-refractivity contribution in [2.45, 2.75) is 39.7 Å². The molecule has 0 aliphatic carbocycles. The van der Waals surface area contributed by atoms with Gasteiger partial charge in [-0.1, -0.05) is 43.6 Å². The fourth-order valence-corrected chi connectivity index (χ4v) is 2.31. The molecule has 0 unspecified atom stereocenters. The first-order valence-electron chi connectivity index (χ1n) is 7.22. The highest BCUT2D eigenvalue weighted by molar-refractivity contribution is 6.32. The smallest absolute Gasteiger partial charge is 0.146 e. The third-order valence-corrected chi connectivity index (χ3v) is 3.88. The van der Waals surface area contributed by atoms with Crippen LogP contribution in [0.25, 0.3) is 0 Å². The van der Waals surface area contributed by atoms with Gasteiger partial charge in [0, 0.05) is 6.04 Å². The van der Waals surface area contributed by atoms with Crippen LogP contribution in [0.2, 0.25) is 5.02 Å². The summed E-state index contributed by atoms with van der Waals surface area (Å²) in [5.74, 6) is 1.96. The molecule has 0 saturated heterocycles. The summed E-state index contributed by atoms with van der Waals surface area (Å²) in [7, 11) is 0. The Morgan fingerprint density at radius 2 is 1.62 bits per heavy atom. The van der Waals surface area contributed by atoms with Gasteiger partial charge in [0.25, 0.3) is 0 Å². The number of ether oxygens (including phenoxy) is 1. The van der Waals surface area contributed by atoms with Crippen molar-refractivity contribution >= 4 is 11.6 Å². The maximum Gasteiger partial charge on any atom is 0.146 e. The Morgan fingerprint density at radius 3 is 2.19 bits per heavy atom. The van der Waals surface area contributed by atoms with E-state index in [-0.39, 0.29) is 6.04 Å². The van der Waals surface area contributed by atoms with E-state index in [0.29, 0.717) is 16.7 Å². The molecule has 0 bridgehead atoms. The standard InChI is InChI=1S/C18H22ClNO/c1-11(2)14-6-5-12(3)18(10-14)21-17-8-7-15(13(4)20)9-16(17)19/h5-11,13H,20H2,1-4H3/t13-/m1/s1. The molecule has 112 valence electrons. The maximum atomic E-state index is 6.30. The second-order valence-corrected chi connectivity index (χ2v) is 6.17. The number of nitrogens with two attached hydrogens (primary N) is 1. The lowest BCUT2D eigenvalue weighted by Gasteiger charge is -2.14. The Morgan fingerprint density at radius 1 is 0.952 bits per heavy atom. The van der Waals surface area contributed by atoms with Crippen LogP contribution >= 0.6 is 11.6 Å². The normalized spacial score (nSPS) is 12.5. The Bertz CT molecular complexity index is 635. The van der Waals surface area contributed by atoms with Gasteiger partial charge < -0.3 is 10.5 Å². The number of rotatable bonds is 4. The van der Waals surface area contributed by atoms with Crippen LogP contribution in [0.4, 0.5) is 0 Å². The third kappa shape index (κ3) is 3.78. The molecule has 0 heterocycles. The molecule has 0 aliphatic rings. The molecule has 0 radical (unpaired) electrons. The molecule has 0 aromatic heterocycles. The molecular formula is C18H22ClNO. The highest BCUT2D eigenvalue weighted by Crippen LogP contribution is 2.34. The van der Waals surface area contributed by atoms with Gasteiger partial charge in [0.15, 0.2) is 0 Å². The summed E-state index contributed by atoms with van der Waals surface area (Å²) in [4.78, 5) is 0. The fourth-order valence-electron chi connectivity index (χ4n) is 2.09. The van der Waals surface area contributed by atoms with E-state index in [1.807, 2.05) is 32.0 Å². The molecule has 0 fully saturated rings. The molecule has 0 aliphatic heterocycles. The number of halogens is 1. The number of hydrogen-bond donors (Lipinski definition) is 1. The van der Waals surface area contributed by atoms with Gasteiger partial charge in [0.2, 0.25) is 0 Å². The number of hydrogen-bond acceptors (Lipinski definition) is 2. The van der Waals surface area contributed by atoms with E-state index < -0.39 is 0 Å². The van der Waals surface area contributed by atoms with E-state index in [9.17, 15) is 0 Å². The van der Waals surface area contributed by atoms with E-state index in [4.69, 9.17) is 22.1 Å². The summed E-state index contributed by atoms with van der Waals surface area (Å²) in [5.41, 5.74) is 9.20.